The first-order valence-corrected chi connectivity index (χ1v) is 13.6. The third kappa shape index (κ3) is 4.52. The van der Waals surface area contributed by atoms with Gasteiger partial charge in [-0.25, -0.2) is 9.97 Å². The molecule has 0 aliphatic carbocycles. The van der Waals surface area contributed by atoms with Gasteiger partial charge in [0, 0.05) is 68.3 Å². The topological polar surface area (TPSA) is 83.4 Å². The van der Waals surface area contributed by atoms with Crippen LogP contribution >= 0.6 is 11.3 Å². The molecule has 3 aliphatic heterocycles. The van der Waals surface area contributed by atoms with Crippen LogP contribution < -0.4 is 5.32 Å². The predicted molar refractivity (Wildman–Crippen MR) is 131 cm³/mol. The predicted octanol–water partition coefficient (Wildman–Crippen LogP) is 3.38. The first-order valence-electron chi connectivity index (χ1n) is 12.7. The lowest BCUT2D eigenvalue weighted by atomic mass is 9.95. The number of carbonyl (C=O) groups excluding carboxylic acids is 2. The van der Waals surface area contributed by atoms with E-state index in [0.717, 1.165) is 55.3 Å². The lowest BCUT2D eigenvalue weighted by Crippen LogP contribution is -2.45. The molecule has 3 atom stereocenters. The molecule has 0 spiro atoms. The van der Waals surface area contributed by atoms with Crippen LogP contribution in [0.15, 0.2) is 11.6 Å². The number of rotatable bonds is 7. The van der Waals surface area contributed by atoms with E-state index in [1.54, 1.807) is 18.3 Å². The van der Waals surface area contributed by atoms with E-state index in [1.807, 2.05) is 23.4 Å². The average Bonchev–Trinajstić information content (AvgIpc) is 3.52. The van der Waals surface area contributed by atoms with E-state index in [2.05, 4.69) is 26.7 Å². The maximum Gasteiger partial charge on any atom is 0.220 e. The molecule has 5 rings (SSSR count). The standard InChI is InChI=1S/C25H36N6O2S/c1-4-24(33)28-21(25-26-9-12-34-25)7-11-30-18-5-6-19(30)14-20(13-18)31-16(2)27-22-15-29(17(3)32)10-8-23(22)31/h9,12,18-21H,4-8,10-11,13-15H2,1-3H3,(H,28,33)/t18?,19?,20?,21-/m0/s1. The first-order chi connectivity index (χ1) is 16.4. The zero-order valence-corrected chi connectivity index (χ0v) is 21.3. The van der Waals surface area contributed by atoms with Gasteiger partial charge < -0.3 is 14.8 Å². The Hall–Kier alpha value is -2.26. The van der Waals surface area contributed by atoms with Crippen LogP contribution in [0.4, 0.5) is 0 Å². The second kappa shape index (κ2) is 9.77. The van der Waals surface area contributed by atoms with Crippen molar-refractivity contribution in [3.05, 3.63) is 33.8 Å². The quantitative estimate of drug-likeness (QED) is 0.651. The smallest absolute Gasteiger partial charge is 0.220 e. The molecule has 1 N–H and O–H groups in total. The molecule has 2 unspecified atom stereocenters. The molecule has 34 heavy (non-hydrogen) atoms. The van der Waals surface area contributed by atoms with Gasteiger partial charge in [-0.1, -0.05) is 6.92 Å². The fraction of sp³-hybridized carbons (Fsp3) is 0.680. The van der Waals surface area contributed by atoms with Crippen molar-refractivity contribution in [2.75, 3.05) is 13.1 Å². The molecule has 2 aromatic heterocycles. The minimum Gasteiger partial charge on any atom is -0.347 e. The summed E-state index contributed by atoms with van der Waals surface area (Å²) < 4.78 is 2.51. The lowest BCUT2D eigenvalue weighted by Gasteiger charge is -2.41. The number of imidazole rings is 1. The number of hydrogen-bond acceptors (Lipinski definition) is 6. The zero-order chi connectivity index (χ0) is 23.8. The van der Waals surface area contributed by atoms with Crippen LogP contribution in [0.25, 0.3) is 0 Å². The Morgan fingerprint density at radius 1 is 1.24 bits per heavy atom. The molecule has 2 fully saturated rings. The van der Waals surface area contributed by atoms with Gasteiger partial charge in [-0.3, -0.25) is 14.5 Å². The molecule has 2 aromatic rings. The maximum atomic E-state index is 12.1. The summed E-state index contributed by atoms with van der Waals surface area (Å²) in [5.74, 6) is 1.32. The van der Waals surface area contributed by atoms with Crippen molar-refractivity contribution < 1.29 is 9.59 Å². The van der Waals surface area contributed by atoms with Gasteiger partial charge in [-0.2, -0.15) is 0 Å². The lowest BCUT2D eigenvalue weighted by molar-refractivity contribution is -0.129. The summed E-state index contributed by atoms with van der Waals surface area (Å²) in [4.78, 5) is 37.9. The number of amides is 2. The van der Waals surface area contributed by atoms with Crippen molar-refractivity contribution in [1.82, 2.24) is 29.7 Å². The molecule has 3 aliphatic rings. The van der Waals surface area contributed by atoms with Gasteiger partial charge >= 0.3 is 0 Å². The molecule has 0 saturated carbocycles. The number of thiazole rings is 1. The van der Waals surface area contributed by atoms with E-state index in [0.29, 0.717) is 31.1 Å². The molecule has 0 aromatic carbocycles. The summed E-state index contributed by atoms with van der Waals surface area (Å²) >= 11 is 1.62. The van der Waals surface area contributed by atoms with Gasteiger partial charge in [0.1, 0.15) is 10.8 Å². The summed E-state index contributed by atoms with van der Waals surface area (Å²) in [7, 11) is 0. The van der Waals surface area contributed by atoms with E-state index in [1.165, 1.54) is 18.5 Å². The van der Waals surface area contributed by atoms with Crippen molar-refractivity contribution in [2.24, 2.45) is 0 Å². The van der Waals surface area contributed by atoms with Crippen LogP contribution in [0.1, 0.15) is 86.7 Å². The Kier molecular flexibility index (Phi) is 6.75. The zero-order valence-electron chi connectivity index (χ0n) is 20.5. The Morgan fingerprint density at radius 2 is 2.00 bits per heavy atom. The summed E-state index contributed by atoms with van der Waals surface area (Å²) in [6.45, 7) is 8.10. The van der Waals surface area contributed by atoms with Crippen molar-refractivity contribution in [2.45, 2.75) is 96.4 Å². The molecule has 5 heterocycles. The number of carbonyl (C=O) groups is 2. The van der Waals surface area contributed by atoms with Crippen molar-refractivity contribution in [3.63, 3.8) is 0 Å². The highest BCUT2D eigenvalue weighted by molar-refractivity contribution is 7.09. The van der Waals surface area contributed by atoms with Crippen LogP contribution in [0.3, 0.4) is 0 Å². The molecular formula is C25H36N6O2S. The van der Waals surface area contributed by atoms with Crippen LogP contribution in [-0.2, 0) is 22.6 Å². The molecule has 184 valence electrons. The van der Waals surface area contributed by atoms with Gasteiger partial charge in [-0.15, -0.1) is 11.3 Å². The van der Waals surface area contributed by atoms with Gasteiger partial charge in [0.05, 0.1) is 18.3 Å². The number of nitrogens with zero attached hydrogens (tertiary/aromatic N) is 5. The van der Waals surface area contributed by atoms with E-state index in [9.17, 15) is 9.59 Å². The minimum atomic E-state index is -0.00305. The number of nitrogens with one attached hydrogen (secondary N) is 1. The van der Waals surface area contributed by atoms with E-state index in [4.69, 9.17) is 4.98 Å². The number of fused-ring (bicyclic) bond motifs is 3. The summed E-state index contributed by atoms with van der Waals surface area (Å²) in [6.07, 6.45) is 8.92. The molecule has 8 nitrogen and oxygen atoms in total. The minimum absolute atomic E-state index is 0.00305. The molecule has 0 radical (unpaired) electrons. The van der Waals surface area contributed by atoms with Crippen LogP contribution in [0.2, 0.25) is 0 Å². The number of hydrogen-bond donors (Lipinski definition) is 1. The fourth-order valence-electron chi connectivity index (χ4n) is 6.35. The molecule has 9 heteroatoms. The van der Waals surface area contributed by atoms with Crippen LogP contribution in [0.5, 0.6) is 0 Å². The summed E-state index contributed by atoms with van der Waals surface area (Å²) in [5.41, 5.74) is 2.44. The fourth-order valence-corrected chi connectivity index (χ4v) is 7.08. The van der Waals surface area contributed by atoms with Crippen LogP contribution in [0, 0.1) is 6.92 Å². The second-order valence-electron chi connectivity index (χ2n) is 9.99. The molecule has 2 bridgehead atoms. The highest BCUT2D eigenvalue weighted by Crippen LogP contribution is 2.43. The monoisotopic (exact) mass is 484 g/mol. The normalized spacial score (nSPS) is 25.3. The van der Waals surface area contributed by atoms with Gasteiger partial charge in [0.2, 0.25) is 11.8 Å². The van der Waals surface area contributed by atoms with Gasteiger partial charge in [0.15, 0.2) is 0 Å². The van der Waals surface area contributed by atoms with Gasteiger partial charge in [0.25, 0.3) is 0 Å². The third-order valence-electron chi connectivity index (χ3n) is 7.98. The number of piperidine rings is 1. The number of aryl methyl sites for hydroxylation is 1. The molecular weight excluding hydrogens is 448 g/mol. The van der Waals surface area contributed by atoms with Crippen LogP contribution in [-0.4, -0.2) is 61.3 Å². The first kappa shape index (κ1) is 23.5. The Bertz CT molecular complexity index is 1020. The SMILES string of the molecule is CCC(=O)N[C@@H](CCN1C2CCC1CC(n1c(C)nc3c1CCN(C(C)=O)C3)C2)c1nccs1. The Labute approximate surface area is 205 Å². The average molecular weight is 485 g/mol. The highest BCUT2D eigenvalue weighted by Gasteiger charge is 2.42. The second-order valence-corrected chi connectivity index (χ2v) is 10.9. The number of aromatic nitrogens is 3. The third-order valence-corrected chi connectivity index (χ3v) is 8.87. The largest absolute Gasteiger partial charge is 0.347 e. The molecule has 2 saturated heterocycles. The van der Waals surface area contributed by atoms with Crippen molar-refractivity contribution in [1.29, 1.82) is 0 Å². The van der Waals surface area contributed by atoms with Crippen molar-refractivity contribution in [3.8, 4) is 0 Å². The Balaban J connectivity index is 1.26. The molecule has 2 amide bonds. The maximum absolute atomic E-state index is 12.1. The van der Waals surface area contributed by atoms with Crippen molar-refractivity contribution >= 4 is 23.2 Å². The van der Waals surface area contributed by atoms with E-state index in [-0.39, 0.29) is 17.9 Å². The highest BCUT2D eigenvalue weighted by atomic mass is 32.1. The summed E-state index contributed by atoms with van der Waals surface area (Å²) in [5, 5.41) is 6.17. The van der Waals surface area contributed by atoms with Gasteiger partial charge in [-0.05, 0) is 39.0 Å². The van der Waals surface area contributed by atoms with E-state index < -0.39 is 0 Å². The summed E-state index contributed by atoms with van der Waals surface area (Å²) in [6, 6.07) is 1.65. The Morgan fingerprint density at radius 3 is 2.65 bits per heavy atom. The van der Waals surface area contributed by atoms with E-state index >= 15 is 0 Å².